The molecule has 4 nitrogen and oxygen atoms in total. The zero-order valence-corrected chi connectivity index (χ0v) is 14.8. The Kier molecular flexibility index (Phi) is 5.46. The van der Waals surface area contributed by atoms with E-state index in [4.69, 9.17) is 0 Å². The van der Waals surface area contributed by atoms with Crippen molar-refractivity contribution in [2.75, 3.05) is 26.0 Å². The Morgan fingerprint density at radius 2 is 1.87 bits per heavy atom. The highest BCUT2D eigenvalue weighted by atomic mass is 32.2. The standard InChI is InChI=1S/C17H20N2O2S2/c1-22-14-7-5-13(6-8-14)11-15-16(20)19(17(21)23-15)12-18-9-3-2-4-10-18/h5-8,11H,2-4,9-10,12H2,1H3/p+1/b15-11+. The van der Waals surface area contributed by atoms with Crippen molar-refractivity contribution in [1.82, 2.24) is 4.90 Å². The molecule has 0 aromatic heterocycles. The van der Waals surface area contributed by atoms with E-state index < -0.39 is 0 Å². The molecule has 2 fully saturated rings. The van der Waals surface area contributed by atoms with Crippen LogP contribution in [0.2, 0.25) is 0 Å². The van der Waals surface area contributed by atoms with Crippen molar-refractivity contribution in [2.45, 2.75) is 24.2 Å². The predicted octanol–water partition coefficient (Wildman–Crippen LogP) is 2.47. The summed E-state index contributed by atoms with van der Waals surface area (Å²) in [4.78, 5) is 29.1. The molecule has 122 valence electrons. The Hall–Kier alpha value is -1.24. The van der Waals surface area contributed by atoms with Gasteiger partial charge in [0.15, 0.2) is 6.67 Å². The molecule has 3 rings (SSSR count). The van der Waals surface area contributed by atoms with E-state index in [-0.39, 0.29) is 11.1 Å². The van der Waals surface area contributed by atoms with Crippen LogP contribution in [0.1, 0.15) is 24.8 Å². The minimum absolute atomic E-state index is 0.139. The number of nitrogens with zero attached hydrogens (tertiary/aromatic N) is 1. The van der Waals surface area contributed by atoms with Crippen LogP contribution < -0.4 is 4.90 Å². The fourth-order valence-corrected chi connectivity index (χ4v) is 4.17. The molecule has 0 saturated carbocycles. The molecule has 1 N–H and O–H groups in total. The summed E-state index contributed by atoms with van der Waals surface area (Å²) in [6, 6.07) is 8.02. The zero-order chi connectivity index (χ0) is 16.2. The number of piperidine rings is 1. The number of thioether (sulfide) groups is 2. The van der Waals surface area contributed by atoms with Crippen LogP contribution in [0.3, 0.4) is 0 Å². The summed E-state index contributed by atoms with van der Waals surface area (Å²) in [6.07, 6.45) is 7.48. The summed E-state index contributed by atoms with van der Waals surface area (Å²) < 4.78 is 0. The number of quaternary nitrogens is 1. The molecule has 23 heavy (non-hydrogen) atoms. The van der Waals surface area contributed by atoms with E-state index >= 15 is 0 Å². The highest BCUT2D eigenvalue weighted by Gasteiger charge is 2.37. The van der Waals surface area contributed by atoms with Crippen LogP contribution in [0.15, 0.2) is 34.1 Å². The number of carbonyl (C=O) groups is 2. The fourth-order valence-electron chi connectivity index (χ4n) is 2.92. The van der Waals surface area contributed by atoms with E-state index in [9.17, 15) is 9.59 Å². The van der Waals surface area contributed by atoms with Gasteiger partial charge in [0.05, 0.1) is 18.0 Å². The summed E-state index contributed by atoms with van der Waals surface area (Å²) in [5, 5.41) is -0.139. The Morgan fingerprint density at radius 3 is 2.52 bits per heavy atom. The molecule has 2 saturated heterocycles. The van der Waals surface area contributed by atoms with Crippen LogP contribution in [0.4, 0.5) is 4.79 Å². The third kappa shape index (κ3) is 4.00. The Balaban J connectivity index is 1.70. The highest BCUT2D eigenvalue weighted by molar-refractivity contribution is 8.18. The van der Waals surface area contributed by atoms with Crippen LogP contribution in [-0.4, -0.2) is 42.1 Å². The first-order valence-electron chi connectivity index (χ1n) is 7.90. The number of amides is 2. The lowest BCUT2D eigenvalue weighted by Crippen LogP contribution is -3.14. The molecule has 2 aliphatic heterocycles. The maximum atomic E-state index is 12.5. The molecule has 0 radical (unpaired) electrons. The van der Waals surface area contributed by atoms with Gasteiger partial charge in [0.25, 0.3) is 11.1 Å². The number of nitrogens with one attached hydrogen (secondary N) is 1. The summed E-state index contributed by atoms with van der Waals surface area (Å²) in [6.45, 7) is 2.61. The maximum Gasteiger partial charge on any atom is 0.298 e. The molecular formula is C17H21N2O2S2+. The largest absolute Gasteiger partial charge is 0.317 e. The van der Waals surface area contributed by atoms with Gasteiger partial charge in [0.2, 0.25) is 0 Å². The molecule has 1 aromatic carbocycles. The average Bonchev–Trinajstić information content (AvgIpc) is 2.84. The monoisotopic (exact) mass is 349 g/mol. The van der Waals surface area contributed by atoms with Crippen molar-refractivity contribution in [3.05, 3.63) is 34.7 Å². The first kappa shape index (κ1) is 16.6. The first-order valence-corrected chi connectivity index (χ1v) is 9.94. The van der Waals surface area contributed by atoms with Crippen molar-refractivity contribution in [3.63, 3.8) is 0 Å². The minimum Gasteiger partial charge on any atom is -0.317 e. The lowest BCUT2D eigenvalue weighted by molar-refractivity contribution is -0.912. The second-order valence-corrected chi connectivity index (χ2v) is 7.72. The number of benzene rings is 1. The van der Waals surface area contributed by atoms with E-state index in [1.165, 1.54) is 34.0 Å². The van der Waals surface area contributed by atoms with Gasteiger partial charge in [-0.3, -0.25) is 9.59 Å². The summed E-state index contributed by atoms with van der Waals surface area (Å²) in [7, 11) is 0. The van der Waals surface area contributed by atoms with Crippen molar-refractivity contribution < 1.29 is 14.5 Å². The van der Waals surface area contributed by atoms with Gasteiger partial charge < -0.3 is 4.90 Å². The molecule has 2 amide bonds. The third-order valence-electron chi connectivity index (χ3n) is 4.23. The lowest BCUT2D eigenvalue weighted by atomic mass is 10.1. The molecule has 2 heterocycles. The highest BCUT2D eigenvalue weighted by Crippen LogP contribution is 2.31. The molecule has 1 aromatic rings. The molecule has 0 spiro atoms. The topological polar surface area (TPSA) is 41.8 Å². The van der Waals surface area contributed by atoms with Crippen molar-refractivity contribution in [1.29, 1.82) is 0 Å². The van der Waals surface area contributed by atoms with Crippen LogP contribution in [-0.2, 0) is 4.79 Å². The average molecular weight is 350 g/mol. The summed E-state index contributed by atoms with van der Waals surface area (Å²) >= 11 is 2.74. The van der Waals surface area contributed by atoms with Crippen LogP contribution in [0.5, 0.6) is 0 Å². The van der Waals surface area contributed by atoms with E-state index in [0.717, 1.165) is 30.4 Å². The number of hydrogen-bond donors (Lipinski definition) is 1. The SMILES string of the molecule is CSc1ccc(/C=C2/SC(=O)N(C[NH+]3CCCCC3)C2=O)cc1. The lowest BCUT2D eigenvalue weighted by Gasteiger charge is -2.26. The van der Waals surface area contributed by atoms with Gasteiger partial charge >= 0.3 is 0 Å². The molecule has 2 aliphatic rings. The number of likely N-dealkylation sites (tertiary alicyclic amines) is 1. The normalized spacial score (nSPS) is 21.4. The van der Waals surface area contributed by atoms with Crippen LogP contribution in [0, 0.1) is 0 Å². The molecule has 0 aliphatic carbocycles. The number of carbonyl (C=O) groups excluding carboxylic acids is 2. The van der Waals surface area contributed by atoms with Gasteiger partial charge in [-0.1, -0.05) is 12.1 Å². The summed E-state index contributed by atoms with van der Waals surface area (Å²) in [5.74, 6) is -0.146. The number of imide groups is 1. The van der Waals surface area contributed by atoms with Gasteiger partial charge in [-0.15, -0.1) is 11.8 Å². The molecule has 6 heteroatoms. The quantitative estimate of drug-likeness (QED) is 0.670. The second-order valence-electron chi connectivity index (χ2n) is 5.85. The van der Waals surface area contributed by atoms with E-state index in [1.54, 1.807) is 11.8 Å². The van der Waals surface area contributed by atoms with Gasteiger partial charge in [-0.05, 0) is 61.1 Å². The van der Waals surface area contributed by atoms with Gasteiger partial charge in [-0.2, -0.15) is 0 Å². The van der Waals surface area contributed by atoms with Crippen molar-refractivity contribution in [3.8, 4) is 0 Å². The van der Waals surface area contributed by atoms with Gasteiger partial charge in [0, 0.05) is 4.90 Å². The van der Waals surface area contributed by atoms with Crippen LogP contribution >= 0.6 is 23.5 Å². The number of rotatable bonds is 4. The Labute approximate surface area is 145 Å². The Bertz CT molecular complexity index is 622. The summed E-state index contributed by atoms with van der Waals surface area (Å²) in [5.41, 5.74) is 0.957. The second kappa shape index (κ2) is 7.55. The Morgan fingerprint density at radius 1 is 1.17 bits per heavy atom. The van der Waals surface area contributed by atoms with Gasteiger partial charge in [-0.25, -0.2) is 4.90 Å². The molecule has 0 bridgehead atoms. The van der Waals surface area contributed by atoms with Gasteiger partial charge in [0.1, 0.15) is 0 Å². The third-order valence-corrected chi connectivity index (χ3v) is 5.88. The van der Waals surface area contributed by atoms with E-state index in [2.05, 4.69) is 0 Å². The fraction of sp³-hybridized carbons (Fsp3) is 0.412. The van der Waals surface area contributed by atoms with Crippen molar-refractivity contribution in [2.24, 2.45) is 0 Å². The van der Waals surface area contributed by atoms with Crippen molar-refractivity contribution >= 4 is 40.7 Å². The number of hydrogen-bond acceptors (Lipinski definition) is 4. The minimum atomic E-state index is -0.146. The zero-order valence-electron chi connectivity index (χ0n) is 13.2. The van der Waals surface area contributed by atoms with E-state index in [0.29, 0.717) is 11.6 Å². The van der Waals surface area contributed by atoms with Crippen LogP contribution in [0.25, 0.3) is 6.08 Å². The predicted molar refractivity (Wildman–Crippen MR) is 95.4 cm³/mol. The molecule has 0 atom stereocenters. The smallest absolute Gasteiger partial charge is 0.298 e. The van der Waals surface area contributed by atoms with E-state index in [1.807, 2.05) is 36.6 Å². The maximum absolute atomic E-state index is 12.5. The molecular weight excluding hydrogens is 328 g/mol. The molecule has 0 unspecified atom stereocenters. The first-order chi connectivity index (χ1) is 11.2.